The summed E-state index contributed by atoms with van der Waals surface area (Å²) in [5.41, 5.74) is 0. The summed E-state index contributed by atoms with van der Waals surface area (Å²) < 4.78 is 5.25. The van der Waals surface area contributed by atoms with Crippen LogP contribution in [-0.4, -0.2) is 252 Å². The maximum absolute atomic E-state index is 15.3. The number of rotatable bonds is 21. The Bertz CT molecular complexity index is 2480. The van der Waals surface area contributed by atoms with Gasteiger partial charge in [-0.25, -0.2) is 0 Å². The number of methoxy groups -OCH3 is 1. The maximum atomic E-state index is 15.3. The third kappa shape index (κ3) is 23.9. The average Bonchev–Trinajstić information content (AvgIpc) is 0.840. The molecule has 0 aromatic carbocycles. The van der Waals surface area contributed by atoms with Gasteiger partial charge in [0.05, 0.1) is 6.10 Å². The van der Waals surface area contributed by atoms with E-state index in [1.54, 1.807) is 68.6 Å². The van der Waals surface area contributed by atoms with Crippen molar-refractivity contribution in [3.63, 3.8) is 0 Å². The molecule has 1 fully saturated rings. The summed E-state index contributed by atoms with van der Waals surface area (Å²) in [5, 5.41) is 23.4. The quantitative estimate of drug-likeness (QED) is 0.0787. The van der Waals surface area contributed by atoms with E-state index >= 15 is 28.8 Å². The van der Waals surface area contributed by atoms with Crippen molar-refractivity contribution in [3.8, 4) is 0 Å². The number of aliphatic hydroxyl groups is 1. The fourth-order valence-corrected chi connectivity index (χ4v) is 12.8. The Morgan fingerprint density at radius 3 is 1.39 bits per heavy atom. The van der Waals surface area contributed by atoms with E-state index in [2.05, 4.69) is 21.3 Å². The zero-order valence-electron chi connectivity index (χ0n) is 60.6. The van der Waals surface area contributed by atoms with Gasteiger partial charge in [-0.15, -0.1) is 0 Å². The van der Waals surface area contributed by atoms with Crippen molar-refractivity contribution in [2.45, 2.75) is 235 Å². The fraction of sp³-hybridized carbons (Fsp3) is 0.806. The van der Waals surface area contributed by atoms with Crippen LogP contribution < -0.4 is 21.3 Å². The first-order valence-corrected chi connectivity index (χ1v) is 34.3. The van der Waals surface area contributed by atoms with E-state index in [-0.39, 0.29) is 49.2 Å². The molecule has 0 saturated carbocycles. The molecular formula is C67H121N11O13S. The van der Waals surface area contributed by atoms with Gasteiger partial charge in [0.2, 0.25) is 65.0 Å². The second kappa shape index (κ2) is 39.8. The standard InChI is InChI=1S/C67H121N11O13S/c1-26-28-31-44(15)56(79)55-60(83)70-47(27-2)62(85)75(21)51(37-92-33-30-29-32-91-25)65(88)76(22)53(42(11)12)59(82)71-52(41(9)10)66(89)72(18)48(34-38(3)4)58(81)68-45(16)57(80)69-46(17)61(84)73(19)49(35-39(5)6)63(86)74(20)50(36-40(7)8)64(87)77(23)54(43(13)14)67(90)78(55)24/h26,28,38-56,79H,27,29-37H2,1-25H3,(H,68,81)(H,69,80)(H,70,83)(H,71,82)/b28-26+/t44-,45+,46-,47+,48+,49+,50+,51-,52+,53+,54+,55+,56-/m1/s1. The molecule has 11 amide bonds. The summed E-state index contributed by atoms with van der Waals surface area (Å²) in [6.07, 6.45) is 4.29. The molecule has 1 saturated heterocycles. The second-order valence-corrected chi connectivity index (χ2v) is 28.8. The van der Waals surface area contributed by atoms with E-state index < -0.39 is 161 Å². The monoisotopic (exact) mass is 1320 g/mol. The Balaban J connectivity index is 4.50. The Morgan fingerprint density at radius 1 is 0.478 bits per heavy atom. The van der Waals surface area contributed by atoms with Gasteiger partial charge in [-0.05, 0) is 113 Å². The van der Waals surface area contributed by atoms with Gasteiger partial charge in [-0.3, -0.25) is 52.7 Å². The Kier molecular flexibility index (Phi) is 36.4. The first-order valence-electron chi connectivity index (χ1n) is 33.1. The van der Waals surface area contributed by atoms with Gasteiger partial charge < -0.3 is 65.4 Å². The number of carbonyl (C=O) groups is 11. The lowest BCUT2D eigenvalue weighted by Crippen LogP contribution is -2.64. The second-order valence-electron chi connectivity index (χ2n) is 27.6. The summed E-state index contributed by atoms with van der Waals surface area (Å²) in [6.45, 7) is 30.2. The van der Waals surface area contributed by atoms with Crippen LogP contribution in [0.25, 0.3) is 0 Å². The van der Waals surface area contributed by atoms with Crippen molar-refractivity contribution in [3.05, 3.63) is 12.2 Å². The lowest BCUT2D eigenvalue weighted by Gasteiger charge is -2.41. The van der Waals surface area contributed by atoms with Crippen molar-refractivity contribution < 1.29 is 62.6 Å². The predicted octanol–water partition coefficient (Wildman–Crippen LogP) is 4.41. The number of allylic oxidation sites excluding steroid dienone is 2. The largest absolute Gasteiger partial charge is 0.390 e. The normalized spacial score (nSPS) is 26.6. The number of hydrogen-bond donors (Lipinski definition) is 5. The van der Waals surface area contributed by atoms with Gasteiger partial charge in [0.15, 0.2) is 0 Å². The van der Waals surface area contributed by atoms with E-state index in [1.807, 2.05) is 54.5 Å². The lowest BCUT2D eigenvalue weighted by molar-refractivity contribution is -0.157. The topological polar surface area (TPSA) is 288 Å². The number of carbonyl (C=O) groups excluding carboxylic acids is 11. The van der Waals surface area contributed by atoms with Crippen LogP contribution in [0.15, 0.2) is 12.2 Å². The molecule has 5 N–H and O–H groups in total. The van der Waals surface area contributed by atoms with Crippen LogP contribution in [0, 0.1) is 41.4 Å². The van der Waals surface area contributed by atoms with Crippen LogP contribution in [0.2, 0.25) is 0 Å². The number of aliphatic hydroxyl groups excluding tert-OH is 1. The van der Waals surface area contributed by atoms with Crippen LogP contribution in [0.4, 0.5) is 0 Å². The molecule has 0 bridgehead atoms. The Labute approximate surface area is 555 Å². The molecule has 0 aromatic rings. The molecule has 0 unspecified atom stereocenters. The van der Waals surface area contributed by atoms with Crippen LogP contribution >= 0.6 is 11.8 Å². The fourth-order valence-electron chi connectivity index (χ4n) is 11.6. The van der Waals surface area contributed by atoms with E-state index in [4.69, 9.17) is 4.74 Å². The first kappa shape index (κ1) is 84.2. The summed E-state index contributed by atoms with van der Waals surface area (Å²) in [4.78, 5) is 172. The number of unbranched alkanes of at least 4 members (excludes halogenated alkanes) is 1. The predicted molar refractivity (Wildman–Crippen MR) is 361 cm³/mol. The number of amides is 11. The molecule has 0 radical (unpaired) electrons. The number of ether oxygens (including phenoxy) is 1. The SMILES string of the molecule is C/C=C/C[C@@H](C)[C@@H](O)[C@H]1C(=O)N[C@@H](CC)C(=O)N(C)[C@H](CSCCCCOC)C(=O)N(C)[C@@H](C(C)C)C(=O)N[C@@H](C(C)C)C(=O)N(C)[C@@H](CC(C)C)C(=O)N[C@@H](C)C(=O)N[C@H](C)C(=O)N(C)[C@@H](CC(C)C)C(=O)N(C)[C@@H](CC(C)C)C(=O)N(C)[C@@H](C(C)C)C(=O)N1C. The summed E-state index contributed by atoms with van der Waals surface area (Å²) in [7, 11) is 11.7. The van der Waals surface area contributed by atoms with Crippen molar-refractivity contribution in [1.82, 2.24) is 55.6 Å². The highest BCUT2D eigenvalue weighted by Crippen LogP contribution is 2.26. The van der Waals surface area contributed by atoms with Crippen LogP contribution in [0.1, 0.15) is 163 Å². The minimum atomic E-state index is -1.63. The number of nitrogens with zero attached hydrogens (tertiary/aromatic N) is 7. The van der Waals surface area contributed by atoms with Gasteiger partial charge in [0.1, 0.15) is 66.5 Å². The highest BCUT2D eigenvalue weighted by Gasteiger charge is 2.46. The van der Waals surface area contributed by atoms with E-state index in [0.717, 1.165) is 17.7 Å². The van der Waals surface area contributed by atoms with Crippen LogP contribution in [0.3, 0.4) is 0 Å². The van der Waals surface area contributed by atoms with Crippen molar-refractivity contribution >= 4 is 76.7 Å². The molecular weight excluding hydrogens is 1200 g/mol. The average molecular weight is 1320 g/mol. The molecule has 92 heavy (non-hydrogen) atoms. The lowest BCUT2D eigenvalue weighted by atomic mass is 9.91. The first-order chi connectivity index (χ1) is 42.7. The number of hydrogen-bond acceptors (Lipinski definition) is 14. The third-order valence-electron chi connectivity index (χ3n) is 17.4. The van der Waals surface area contributed by atoms with E-state index in [1.165, 1.54) is 104 Å². The highest BCUT2D eigenvalue weighted by molar-refractivity contribution is 7.99. The molecule has 0 spiro atoms. The zero-order valence-corrected chi connectivity index (χ0v) is 61.4. The van der Waals surface area contributed by atoms with E-state index in [9.17, 15) is 29.1 Å². The smallest absolute Gasteiger partial charge is 0.246 e. The third-order valence-corrected chi connectivity index (χ3v) is 18.5. The van der Waals surface area contributed by atoms with Gasteiger partial charge >= 0.3 is 0 Å². The molecule has 0 aromatic heterocycles. The maximum Gasteiger partial charge on any atom is 0.246 e. The summed E-state index contributed by atoms with van der Waals surface area (Å²) in [6, 6.07) is -13.8. The van der Waals surface area contributed by atoms with Gasteiger partial charge in [0, 0.05) is 68.8 Å². The molecule has 1 aliphatic heterocycles. The van der Waals surface area contributed by atoms with Crippen molar-refractivity contribution in [2.75, 3.05) is 74.6 Å². The molecule has 1 heterocycles. The molecule has 0 aliphatic carbocycles. The minimum absolute atomic E-state index is 0.00454. The van der Waals surface area contributed by atoms with Gasteiger partial charge in [-0.2, -0.15) is 11.8 Å². The van der Waals surface area contributed by atoms with Crippen molar-refractivity contribution in [2.24, 2.45) is 41.4 Å². The zero-order chi connectivity index (χ0) is 71.1. The van der Waals surface area contributed by atoms with Crippen molar-refractivity contribution in [1.29, 1.82) is 0 Å². The molecule has 1 aliphatic rings. The molecule has 528 valence electrons. The summed E-state index contributed by atoms with van der Waals surface area (Å²) in [5.74, 6) is -9.55. The minimum Gasteiger partial charge on any atom is -0.390 e. The number of likely N-dealkylation sites (N-methyl/N-ethyl adjacent to an activating group) is 7. The van der Waals surface area contributed by atoms with E-state index in [0.29, 0.717) is 18.8 Å². The van der Waals surface area contributed by atoms with Crippen LogP contribution in [-0.2, 0) is 57.5 Å². The van der Waals surface area contributed by atoms with Gasteiger partial charge in [-0.1, -0.05) is 109 Å². The van der Waals surface area contributed by atoms with Gasteiger partial charge in [0.25, 0.3) is 0 Å². The molecule has 25 heteroatoms. The molecule has 24 nitrogen and oxygen atoms in total. The number of thioether (sulfide) groups is 1. The number of nitrogens with one attached hydrogen (secondary N) is 4. The highest BCUT2D eigenvalue weighted by atomic mass is 32.2. The summed E-state index contributed by atoms with van der Waals surface area (Å²) >= 11 is 1.42. The Morgan fingerprint density at radius 2 is 0.913 bits per heavy atom. The van der Waals surface area contributed by atoms with Crippen LogP contribution in [0.5, 0.6) is 0 Å². The molecule has 1 rings (SSSR count). The molecule has 13 atom stereocenters. The Hall–Kier alpha value is -5.82.